The Labute approximate surface area is 115 Å². The maximum atomic E-state index is 12.3. The predicted molar refractivity (Wildman–Crippen MR) is 73.7 cm³/mol. The van der Waals surface area contributed by atoms with Gasteiger partial charge in [0.25, 0.3) is 0 Å². The minimum atomic E-state index is -0.0983. The van der Waals surface area contributed by atoms with Gasteiger partial charge in [-0.15, -0.1) is 0 Å². The zero-order chi connectivity index (χ0) is 13.7. The monoisotopic (exact) mass is 267 g/mol. The molecule has 0 aromatic carbocycles. The second kappa shape index (κ2) is 6.89. The normalized spacial score (nSPS) is 24.1. The molecule has 2 amide bonds. The number of amides is 2. The Bertz CT molecular complexity index is 319. The first-order valence-electron chi connectivity index (χ1n) is 7.44. The first-order valence-corrected chi connectivity index (χ1v) is 7.44. The number of rotatable bonds is 3. The molecule has 2 fully saturated rings. The van der Waals surface area contributed by atoms with Crippen LogP contribution in [0, 0.1) is 0 Å². The lowest BCUT2D eigenvalue weighted by molar-refractivity contribution is -0.140. The highest BCUT2D eigenvalue weighted by atomic mass is 16.2. The van der Waals surface area contributed by atoms with Crippen LogP contribution in [0.4, 0.5) is 0 Å². The molecule has 1 unspecified atom stereocenters. The van der Waals surface area contributed by atoms with Crippen molar-refractivity contribution in [3.8, 4) is 0 Å². The lowest BCUT2D eigenvalue weighted by Gasteiger charge is -2.25. The summed E-state index contributed by atoms with van der Waals surface area (Å²) in [6.45, 7) is 2.83. The number of nitrogens with one attached hydrogen (secondary N) is 1. The van der Waals surface area contributed by atoms with Crippen molar-refractivity contribution in [2.24, 2.45) is 0 Å². The van der Waals surface area contributed by atoms with Gasteiger partial charge in [-0.25, -0.2) is 0 Å². The molecule has 0 aromatic heterocycles. The molecule has 2 aliphatic rings. The van der Waals surface area contributed by atoms with E-state index in [1.165, 1.54) is 6.42 Å². The molecule has 0 spiro atoms. The average molecular weight is 267 g/mol. The van der Waals surface area contributed by atoms with Crippen LogP contribution >= 0.6 is 0 Å². The Morgan fingerprint density at radius 3 is 2.63 bits per heavy atom. The molecule has 5 heteroatoms. The Kier molecular flexibility index (Phi) is 5.19. The Hall–Kier alpha value is -1.10. The van der Waals surface area contributed by atoms with Crippen LogP contribution in [-0.4, -0.2) is 60.9 Å². The number of hydrogen-bond acceptors (Lipinski definition) is 3. The summed E-state index contributed by atoms with van der Waals surface area (Å²) in [4.78, 5) is 27.8. The van der Waals surface area contributed by atoms with Gasteiger partial charge in [0.05, 0.1) is 12.6 Å². The van der Waals surface area contributed by atoms with Gasteiger partial charge in [-0.2, -0.15) is 0 Å². The molecule has 108 valence electrons. The molecule has 0 saturated carbocycles. The van der Waals surface area contributed by atoms with Crippen LogP contribution in [0.1, 0.15) is 38.5 Å². The van der Waals surface area contributed by atoms with Crippen molar-refractivity contribution in [2.75, 3.05) is 33.2 Å². The van der Waals surface area contributed by atoms with Crippen molar-refractivity contribution in [1.29, 1.82) is 0 Å². The smallest absolute Gasteiger partial charge is 0.242 e. The number of nitrogens with zero attached hydrogens (tertiary/aromatic N) is 2. The summed E-state index contributed by atoms with van der Waals surface area (Å²) in [7, 11) is 1.74. The van der Waals surface area contributed by atoms with Crippen LogP contribution in [-0.2, 0) is 9.59 Å². The van der Waals surface area contributed by atoms with E-state index in [2.05, 4.69) is 5.32 Å². The van der Waals surface area contributed by atoms with Crippen molar-refractivity contribution >= 4 is 11.8 Å². The minimum Gasteiger partial charge on any atom is -0.341 e. The first-order chi connectivity index (χ1) is 9.18. The summed E-state index contributed by atoms with van der Waals surface area (Å²) in [6.07, 6.45) is 6.49. The molecule has 0 aromatic rings. The largest absolute Gasteiger partial charge is 0.341 e. The molecule has 0 radical (unpaired) electrons. The lowest BCUT2D eigenvalue weighted by atomic mass is 10.1. The van der Waals surface area contributed by atoms with Crippen LogP contribution in [0.15, 0.2) is 0 Å². The van der Waals surface area contributed by atoms with E-state index in [1.54, 1.807) is 11.9 Å². The van der Waals surface area contributed by atoms with Gasteiger partial charge in [0.2, 0.25) is 11.8 Å². The molecule has 2 aliphatic heterocycles. The van der Waals surface area contributed by atoms with Gasteiger partial charge in [-0.05, 0) is 32.2 Å². The van der Waals surface area contributed by atoms with Crippen LogP contribution in [0.25, 0.3) is 0 Å². The van der Waals surface area contributed by atoms with Gasteiger partial charge in [0, 0.05) is 20.1 Å². The third-order valence-corrected chi connectivity index (χ3v) is 4.07. The van der Waals surface area contributed by atoms with Crippen molar-refractivity contribution in [2.45, 2.75) is 44.6 Å². The van der Waals surface area contributed by atoms with Crippen LogP contribution < -0.4 is 5.32 Å². The highest BCUT2D eigenvalue weighted by Gasteiger charge is 2.26. The van der Waals surface area contributed by atoms with E-state index in [4.69, 9.17) is 0 Å². The van der Waals surface area contributed by atoms with Gasteiger partial charge in [0.1, 0.15) is 0 Å². The second-order valence-corrected chi connectivity index (χ2v) is 5.64. The molecular weight excluding hydrogens is 242 g/mol. The molecule has 19 heavy (non-hydrogen) atoms. The average Bonchev–Trinajstić information content (AvgIpc) is 2.81. The van der Waals surface area contributed by atoms with E-state index in [0.717, 1.165) is 51.7 Å². The van der Waals surface area contributed by atoms with Crippen molar-refractivity contribution in [3.05, 3.63) is 0 Å². The maximum absolute atomic E-state index is 12.3. The van der Waals surface area contributed by atoms with E-state index < -0.39 is 0 Å². The molecule has 0 bridgehead atoms. The van der Waals surface area contributed by atoms with E-state index in [0.29, 0.717) is 0 Å². The number of carbonyl (C=O) groups excluding carboxylic acids is 2. The minimum absolute atomic E-state index is 0.0643. The van der Waals surface area contributed by atoms with Crippen molar-refractivity contribution < 1.29 is 9.59 Å². The zero-order valence-corrected chi connectivity index (χ0v) is 11.9. The van der Waals surface area contributed by atoms with E-state index >= 15 is 0 Å². The van der Waals surface area contributed by atoms with Gasteiger partial charge in [-0.3, -0.25) is 9.59 Å². The molecule has 2 heterocycles. The fourth-order valence-corrected chi connectivity index (χ4v) is 2.85. The zero-order valence-electron chi connectivity index (χ0n) is 11.9. The fourth-order valence-electron chi connectivity index (χ4n) is 2.85. The summed E-state index contributed by atoms with van der Waals surface area (Å²) >= 11 is 0. The third kappa shape index (κ3) is 3.93. The Morgan fingerprint density at radius 2 is 1.89 bits per heavy atom. The number of hydrogen-bond donors (Lipinski definition) is 1. The Balaban J connectivity index is 1.82. The predicted octanol–water partition coefficient (Wildman–Crippen LogP) is 0.599. The SMILES string of the molecule is CN(CC(=O)N1CCCC1)C(=O)C1CCCCCN1. The van der Waals surface area contributed by atoms with Crippen LogP contribution in [0.5, 0.6) is 0 Å². The summed E-state index contributed by atoms with van der Waals surface area (Å²) in [5, 5.41) is 3.29. The van der Waals surface area contributed by atoms with Gasteiger partial charge >= 0.3 is 0 Å². The number of likely N-dealkylation sites (N-methyl/N-ethyl adjacent to an activating group) is 1. The standard InChI is InChI=1S/C14H25N3O2/c1-16(11-13(18)17-9-5-6-10-17)14(19)12-7-3-2-4-8-15-12/h12,15H,2-11H2,1H3. The molecule has 2 saturated heterocycles. The van der Waals surface area contributed by atoms with E-state index in [-0.39, 0.29) is 24.4 Å². The summed E-state index contributed by atoms with van der Waals surface area (Å²) in [5.74, 6) is 0.149. The quantitative estimate of drug-likeness (QED) is 0.814. The fraction of sp³-hybridized carbons (Fsp3) is 0.857. The highest BCUT2D eigenvalue weighted by molar-refractivity contribution is 5.87. The summed E-state index contributed by atoms with van der Waals surface area (Å²) in [6, 6.07) is -0.0983. The third-order valence-electron chi connectivity index (χ3n) is 4.07. The van der Waals surface area contributed by atoms with Gasteiger partial charge in [-0.1, -0.05) is 12.8 Å². The number of likely N-dealkylation sites (tertiary alicyclic amines) is 1. The van der Waals surface area contributed by atoms with Crippen LogP contribution in [0.3, 0.4) is 0 Å². The highest BCUT2D eigenvalue weighted by Crippen LogP contribution is 2.11. The van der Waals surface area contributed by atoms with Gasteiger partial charge < -0.3 is 15.1 Å². The van der Waals surface area contributed by atoms with E-state index in [9.17, 15) is 9.59 Å². The Morgan fingerprint density at radius 1 is 1.16 bits per heavy atom. The molecule has 2 rings (SSSR count). The van der Waals surface area contributed by atoms with Crippen molar-refractivity contribution in [3.63, 3.8) is 0 Å². The summed E-state index contributed by atoms with van der Waals surface area (Å²) < 4.78 is 0. The van der Waals surface area contributed by atoms with E-state index in [1.807, 2.05) is 4.90 Å². The molecule has 0 aliphatic carbocycles. The lowest BCUT2D eigenvalue weighted by Crippen LogP contribution is -2.48. The van der Waals surface area contributed by atoms with Crippen molar-refractivity contribution in [1.82, 2.24) is 15.1 Å². The molecule has 5 nitrogen and oxygen atoms in total. The van der Waals surface area contributed by atoms with Gasteiger partial charge in [0.15, 0.2) is 0 Å². The maximum Gasteiger partial charge on any atom is 0.242 e. The number of carbonyl (C=O) groups is 2. The molecule has 1 N–H and O–H groups in total. The summed E-state index contributed by atoms with van der Waals surface area (Å²) in [5.41, 5.74) is 0. The molecular formula is C14H25N3O2. The molecule has 1 atom stereocenters. The topological polar surface area (TPSA) is 52.7 Å². The second-order valence-electron chi connectivity index (χ2n) is 5.64. The first kappa shape index (κ1) is 14.3. The van der Waals surface area contributed by atoms with Crippen LogP contribution in [0.2, 0.25) is 0 Å².